The molecule has 2 fully saturated rings. The van der Waals surface area contributed by atoms with Crippen molar-refractivity contribution >= 4 is 29.6 Å². The molecule has 2 saturated heterocycles. The summed E-state index contributed by atoms with van der Waals surface area (Å²) in [5.41, 5.74) is 0.853. The fraction of sp³-hybridized carbons (Fsp3) is 0.353. The van der Waals surface area contributed by atoms with Gasteiger partial charge in [-0.15, -0.1) is 5.06 Å². The van der Waals surface area contributed by atoms with E-state index in [1.54, 1.807) is 0 Å². The van der Waals surface area contributed by atoms with Crippen molar-refractivity contribution < 1.29 is 28.8 Å². The van der Waals surface area contributed by atoms with E-state index in [9.17, 15) is 24.0 Å². The summed E-state index contributed by atoms with van der Waals surface area (Å²) in [6, 6.07) is 8.82. The van der Waals surface area contributed by atoms with Gasteiger partial charge in [0.1, 0.15) is 0 Å². The molecule has 8 nitrogen and oxygen atoms in total. The molecule has 1 aromatic carbocycles. The number of hydroxylamine groups is 2. The lowest BCUT2D eigenvalue weighted by atomic mass is 9.93. The highest BCUT2D eigenvalue weighted by molar-refractivity contribution is 6.02. The number of likely N-dealkylation sites (tertiary alicyclic amines) is 1. The van der Waals surface area contributed by atoms with Crippen molar-refractivity contribution in [3.05, 3.63) is 35.9 Å². The zero-order valence-corrected chi connectivity index (χ0v) is 13.3. The Morgan fingerprint density at radius 1 is 0.960 bits per heavy atom. The number of rotatable bonds is 5. The molecule has 0 spiro atoms. The first-order chi connectivity index (χ1) is 12.0. The van der Waals surface area contributed by atoms with Crippen LogP contribution in [0.15, 0.2) is 30.3 Å². The Kier molecular flexibility index (Phi) is 4.60. The van der Waals surface area contributed by atoms with Crippen LogP contribution in [0.4, 0.5) is 0 Å². The Morgan fingerprint density at radius 3 is 2.20 bits per heavy atom. The van der Waals surface area contributed by atoms with E-state index in [0.717, 1.165) is 10.5 Å². The number of benzene rings is 1. The molecule has 0 radical (unpaired) electrons. The van der Waals surface area contributed by atoms with Crippen LogP contribution in [0.25, 0.3) is 0 Å². The molecule has 1 atom stereocenters. The highest BCUT2D eigenvalue weighted by Gasteiger charge is 2.41. The first kappa shape index (κ1) is 16.8. The van der Waals surface area contributed by atoms with E-state index in [0.29, 0.717) is 5.06 Å². The van der Waals surface area contributed by atoms with Crippen LogP contribution in [-0.4, -0.2) is 39.6 Å². The van der Waals surface area contributed by atoms with Crippen molar-refractivity contribution in [2.24, 2.45) is 0 Å². The van der Waals surface area contributed by atoms with Gasteiger partial charge in [-0.3, -0.25) is 24.1 Å². The van der Waals surface area contributed by atoms with E-state index in [-0.39, 0.29) is 44.1 Å². The maximum Gasteiger partial charge on any atom is 0.333 e. The van der Waals surface area contributed by atoms with Crippen LogP contribution in [0.2, 0.25) is 0 Å². The second-order valence-electron chi connectivity index (χ2n) is 5.83. The summed E-state index contributed by atoms with van der Waals surface area (Å²) in [4.78, 5) is 64.3. The van der Waals surface area contributed by atoms with Gasteiger partial charge in [-0.1, -0.05) is 30.3 Å². The highest BCUT2D eigenvalue weighted by Crippen LogP contribution is 2.34. The number of amides is 4. The summed E-state index contributed by atoms with van der Waals surface area (Å²) < 4.78 is 0. The summed E-state index contributed by atoms with van der Waals surface area (Å²) in [5, 5.41) is 0.439. The largest absolute Gasteiger partial charge is 0.333 e. The predicted octanol–water partition coefficient (Wildman–Crippen LogP) is 0.874. The Morgan fingerprint density at radius 2 is 1.60 bits per heavy atom. The summed E-state index contributed by atoms with van der Waals surface area (Å²) in [5.74, 6) is -2.79. The van der Waals surface area contributed by atoms with E-state index in [4.69, 9.17) is 4.84 Å². The minimum Gasteiger partial charge on any atom is -0.330 e. The molecule has 0 aliphatic carbocycles. The molecule has 2 aliphatic rings. The van der Waals surface area contributed by atoms with Crippen molar-refractivity contribution in [3.63, 3.8) is 0 Å². The number of imide groups is 2. The van der Waals surface area contributed by atoms with Gasteiger partial charge < -0.3 is 4.84 Å². The Hall–Kier alpha value is -3.03. The van der Waals surface area contributed by atoms with Gasteiger partial charge in [0, 0.05) is 19.3 Å². The number of hydrogen-bond donors (Lipinski definition) is 0. The van der Waals surface area contributed by atoms with Gasteiger partial charge in [0.25, 0.3) is 11.8 Å². The molecule has 8 heteroatoms. The molecule has 130 valence electrons. The van der Waals surface area contributed by atoms with Gasteiger partial charge in [-0.05, 0) is 5.56 Å². The Bertz CT molecular complexity index is 729. The fourth-order valence-electron chi connectivity index (χ4n) is 2.81. The van der Waals surface area contributed by atoms with E-state index in [2.05, 4.69) is 0 Å². The molecule has 25 heavy (non-hydrogen) atoms. The van der Waals surface area contributed by atoms with Gasteiger partial charge in [0.05, 0.1) is 18.9 Å². The molecule has 0 aromatic heterocycles. The third-order valence-corrected chi connectivity index (χ3v) is 4.14. The van der Waals surface area contributed by atoms with Gasteiger partial charge in [0.15, 0.2) is 0 Å². The Labute approximate surface area is 143 Å². The average Bonchev–Trinajstić information content (AvgIpc) is 2.90. The zero-order valence-electron chi connectivity index (χ0n) is 13.3. The quantitative estimate of drug-likeness (QED) is 0.580. The summed E-state index contributed by atoms with van der Waals surface area (Å²) in [6.45, 7) is 0. The summed E-state index contributed by atoms with van der Waals surface area (Å²) >= 11 is 0. The minimum atomic E-state index is -0.860. The number of β-lactam (4-membered cyclic amide) rings is 1. The van der Waals surface area contributed by atoms with Crippen LogP contribution in [0, 0.1) is 0 Å². The van der Waals surface area contributed by atoms with Crippen molar-refractivity contribution in [1.82, 2.24) is 9.96 Å². The van der Waals surface area contributed by atoms with Crippen molar-refractivity contribution in [2.75, 3.05) is 0 Å². The SMILES string of the molecule is O=C(CCC(=O)N1C(=O)CC1c1ccccc1)ON1C(=O)CCC1=O. The maximum atomic E-state index is 12.2. The molecule has 0 bridgehead atoms. The van der Waals surface area contributed by atoms with Gasteiger partial charge in [-0.25, -0.2) is 4.79 Å². The lowest BCUT2D eigenvalue weighted by Crippen LogP contribution is -2.50. The minimum absolute atomic E-state index is 0.00603. The van der Waals surface area contributed by atoms with Crippen LogP contribution in [0.3, 0.4) is 0 Å². The summed E-state index contributed by atoms with van der Waals surface area (Å²) in [6.07, 6.45) is -0.291. The van der Waals surface area contributed by atoms with E-state index < -0.39 is 23.7 Å². The number of hydrogen-bond acceptors (Lipinski definition) is 6. The standard InChI is InChI=1S/C17H16N2O6/c20-13(8-9-17(24)25-19-14(21)6-7-15(19)22)18-12(10-16(18)23)11-4-2-1-3-5-11/h1-5,12H,6-10H2. The normalized spacial score (nSPS) is 19.8. The first-order valence-corrected chi connectivity index (χ1v) is 7.94. The highest BCUT2D eigenvalue weighted by atomic mass is 16.7. The second kappa shape index (κ2) is 6.84. The van der Waals surface area contributed by atoms with Crippen LogP contribution >= 0.6 is 0 Å². The Balaban J connectivity index is 1.53. The molecule has 1 aromatic rings. The summed E-state index contributed by atoms with van der Waals surface area (Å²) in [7, 11) is 0. The van der Waals surface area contributed by atoms with E-state index in [1.807, 2.05) is 30.3 Å². The van der Waals surface area contributed by atoms with E-state index in [1.165, 1.54) is 0 Å². The lowest BCUT2D eigenvalue weighted by molar-refractivity contribution is -0.197. The molecule has 0 N–H and O–H groups in total. The average molecular weight is 344 g/mol. The van der Waals surface area contributed by atoms with Gasteiger partial charge in [0.2, 0.25) is 11.8 Å². The monoisotopic (exact) mass is 344 g/mol. The second-order valence-corrected chi connectivity index (χ2v) is 5.83. The molecule has 2 aliphatic heterocycles. The number of carbonyl (C=O) groups excluding carboxylic acids is 5. The topological polar surface area (TPSA) is 101 Å². The van der Waals surface area contributed by atoms with Crippen molar-refractivity contribution in [3.8, 4) is 0 Å². The van der Waals surface area contributed by atoms with Crippen LogP contribution < -0.4 is 0 Å². The first-order valence-electron chi connectivity index (χ1n) is 7.94. The molecule has 1 unspecified atom stereocenters. The van der Waals surface area contributed by atoms with Crippen molar-refractivity contribution in [1.29, 1.82) is 0 Å². The van der Waals surface area contributed by atoms with Gasteiger partial charge >= 0.3 is 5.97 Å². The molecular formula is C17H16N2O6. The van der Waals surface area contributed by atoms with Crippen LogP contribution in [-0.2, 0) is 28.8 Å². The third-order valence-electron chi connectivity index (χ3n) is 4.14. The predicted molar refractivity (Wildman–Crippen MR) is 82.1 cm³/mol. The zero-order chi connectivity index (χ0) is 18.0. The van der Waals surface area contributed by atoms with Crippen molar-refractivity contribution in [2.45, 2.75) is 38.1 Å². The molecule has 3 rings (SSSR count). The molecule has 0 saturated carbocycles. The molecule has 4 amide bonds. The number of carbonyl (C=O) groups is 5. The van der Waals surface area contributed by atoms with Gasteiger partial charge in [-0.2, -0.15) is 0 Å². The fourth-order valence-corrected chi connectivity index (χ4v) is 2.81. The molecular weight excluding hydrogens is 328 g/mol. The maximum absolute atomic E-state index is 12.2. The van der Waals surface area contributed by atoms with Crippen LogP contribution in [0.5, 0.6) is 0 Å². The number of nitrogens with zero attached hydrogens (tertiary/aromatic N) is 2. The smallest absolute Gasteiger partial charge is 0.330 e. The lowest BCUT2D eigenvalue weighted by Gasteiger charge is -2.39. The molecule has 2 heterocycles. The van der Waals surface area contributed by atoms with E-state index >= 15 is 0 Å². The van der Waals surface area contributed by atoms with Crippen LogP contribution in [0.1, 0.15) is 43.7 Å². The third kappa shape index (κ3) is 3.42.